The van der Waals surface area contributed by atoms with E-state index < -0.39 is 25.6 Å². The number of rotatable bonds is 12. The maximum absolute atomic E-state index is 13.7. The number of nitrogens with one attached hydrogen (secondary N) is 1. The van der Waals surface area contributed by atoms with Gasteiger partial charge in [0.2, 0.25) is 0 Å². The molecule has 2 heterocycles. The predicted molar refractivity (Wildman–Crippen MR) is 133 cm³/mol. The van der Waals surface area contributed by atoms with Crippen LogP contribution in [0, 0.1) is 0 Å². The Balaban J connectivity index is 1.68. The minimum Gasteiger partial charge on any atom is -0.462 e. The molecule has 0 aliphatic heterocycles. The van der Waals surface area contributed by atoms with Gasteiger partial charge in [-0.05, 0) is 45.4 Å². The number of hydrogen-bond acceptors (Lipinski definition) is 9. The number of fused-ring (bicyclic) bond motifs is 1. The van der Waals surface area contributed by atoms with Gasteiger partial charge in [-0.15, -0.1) is 0 Å². The summed E-state index contributed by atoms with van der Waals surface area (Å²) >= 11 is 5.93. The van der Waals surface area contributed by atoms with Crippen molar-refractivity contribution < 1.29 is 23.4 Å². The fourth-order valence-electron chi connectivity index (χ4n) is 3.14. The maximum Gasteiger partial charge on any atom is 0.323 e. The minimum absolute atomic E-state index is 0.0352. The third-order valence-corrected chi connectivity index (χ3v) is 6.93. The van der Waals surface area contributed by atoms with Crippen LogP contribution in [0.4, 0.5) is 5.82 Å². The zero-order valence-electron chi connectivity index (χ0n) is 20.1. The Morgan fingerprint density at radius 2 is 1.89 bits per heavy atom. The molecule has 0 amide bonds. The lowest BCUT2D eigenvalue weighted by Crippen LogP contribution is -2.36. The molecule has 13 heteroatoms. The molecule has 0 saturated heterocycles. The number of hydrogen-bond donors (Lipinski definition) is 2. The molecule has 3 aromatic rings. The first kappa shape index (κ1) is 27.0. The number of aromatic nitrogens is 4. The van der Waals surface area contributed by atoms with Crippen LogP contribution in [-0.2, 0) is 36.5 Å². The van der Waals surface area contributed by atoms with Crippen molar-refractivity contribution in [2.24, 2.45) is 0 Å². The standard InChI is InChI=1S/C22H30ClN6O5P/c1-14(2)34-22(30)16(4)28-35(31,33-10-17-5-7-18(23)8-6-17)13-32-15(3)9-29-12-27-19-20(24)25-11-26-21(19)29/h5-8,11-12,14-16H,9-10,13H2,1-4H3,(H,28,31)(H2,24,25,26)/t15-,16+,35?/m1/s1. The van der Waals surface area contributed by atoms with Gasteiger partial charge in [0.15, 0.2) is 11.5 Å². The molecule has 35 heavy (non-hydrogen) atoms. The van der Waals surface area contributed by atoms with Crippen LogP contribution in [-0.4, -0.2) is 50.1 Å². The highest BCUT2D eigenvalue weighted by Gasteiger charge is 2.31. The molecule has 190 valence electrons. The highest BCUT2D eigenvalue weighted by Crippen LogP contribution is 2.44. The van der Waals surface area contributed by atoms with E-state index in [1.807, 2.05) is 6.92 Å². The van der Waals surface area contributed by atoms with Crippen molar-refractivity contribution in [2.75, 3.05) is 12.1 Å². The number of imidazole rings is 1. The van der Waals surface area contributed by atoms with Crippen LogP contribution in [0.25, 0.3) is 11.2 Å². The van der Waals surface area contributed by atoms with Gasteiger partial charge in [0.1, 0.15) is 24.2 Å². The molecule has 0 saturated carbocycles. The molecule has 0 bridgehead atoms. The summed E-state index contributed by atoms with van der Waals surface area (Å²) in [6.07, 6.45) is 1.98. The summed E-state index contributed by atoms with van der Waals surface area (Å²) in [4.78, 5) is 24.7. The Morgan fingerprint density at radius 3 is 2.57 bits per heavy atom. The van der Waals surface area contributed by atoms with Crippen molar-refractivity contribution in [3.8, 4) is 0 Å². The van der Waals surface area contributed by atoms with Crippen molar-refractivity contribution in [1.82, 2.24) is 24.6 Å². The number of carbonyl (C=O) groups excluding carboxylic acids is 1. The van der Waals surface area contributed by atoms with E-state index in [0.29, 0.717) is 22.7 Å². The van der Waals surface area contributed by atoms with Gasteiger partial charge in [0.25, 0.3) is 7.52 Å². The number of anilines is 1. The second kappa shape index (κ2) is 11.9. The van der Waals surface area contributed by atoms with Gasteiger partial charge < -0.3 is 24.3 Å². The van der Waals surface area contributed by atoms with Gasteiger partial charge in [-0.1, -0.05) is 23.7 Å². The van der Waals surface area contributed by atoms with Crippen molar-refractivity contribution in [2.45, 2.75) is 59.1 Å². The monoisotopic (exact) mass is 524 g/mol. The van der Waals surface area contributed by atoms with E-state index in [1.165, 1.54) is 6.33 Å². The second-order valence-corrected chi connectivity index (χ2v) is 10.9. The Hall–Kier alpha value is -2.56. The van der Waals surface area contributed by atoms with Crippen molar-refractivity contribution in [3.05, 3.63) is 47.5 Å². The van der Waals surface area contributed by atoms with Gasteiger partial charge in [-0.25, -0.2) is 20.0 Å². The maximum atomic E-state index is 13.7. The quantitative estimate of drug-likeness (QED) is 0.265. The SMILES string of the molecule is CC(C)OC(=O)[C@H](C)NP(=O)(CO[C@H](C)Cn1cnc2c(N)ncnc21)OCc1ccc(Cl)cc1. The fraction of sp³-hybridized carbons (Fsp3) is 0.455. The Labute approximate surface area is 208 Å². The molecule has 2 aromatic heterocycles. The van der Waals surface area contributed by atoms with E-state index in [1.54, 1.807) is 55.9 Å². The summed E-state index contributed by atoms with van der Waals surface area (Å²) in [5.74, 6) is -0.251. The fourth-order valence-corrected chi connectivity index (χ4v) is 4.99. The second-order valence-electron chi connectivity index (χ2n) is 8.34. The van der Waals surface area contributed by atoms with Crippen molar-refractivity contribution >= 4 is 42.1 Å². The number of halogens is 1. The van der Waals surface area contributed by atoms with Crippen LogP contribution in [0.2, 0.25) is 5.02 Å². The molecule has 1 aromatic carbocycles. The molecule has 0 aliphatic carbocycles. The number of benzene rings is 1. The topological polar surface area (TPSA) is 143 Å². The number of nitrogens with two attached hydrogens (primary N) is 1. The molecular weight excluding hydrogens is 495 g/mol. The number of nitrogen functional groups attached to an aromatic ring is 1. The van der Waals surface area contributed by atoms with Crippen molar-refractivity contribution in [1.29, 1.82) is 0 Å². The lowest BCUT2D eigenvalue weighted by molar-refractivity contribution is -0.149. The zero-order chi connectivity index (χ0) is 25.6. The average Bonchev–Trinajstić information content (AvgIpc) is 3.21. The molecule has 3 rings (SSSR count). The summed E-state index contributed by atoms with van der Waals surface area (Å²) < 4.78 is 32.3. The van der Waals surface area contributed by atoms with Crippen LogP contribution >= 0.6 is 19.1 Å². The molecular formula is C22H30ClN6O5P. The molecule has 11 nitrogen and oxygen atoms in total. The first-order chi connectivity index (χ1) is 16.6. The summed E-state index contributed by atoms with van der Waals surface area (Å²) in [5, 5.41) is 3.36. The Morgan fingerprint density at radius 1 is 1.17 bits per heavy atom. The largest absolute Gasteiger partial charge is 0.462 e. The highest BCUT2D eigenvalue weighted by atomic mass is 35.5. The zero-order valence-corrected chi connectivity index (χ0v) is 21.7. The smallest absolute Gasteiger partial charge is 0.323 e. The summed E-state index contributed by atoms with van der Waals surface area (Å²) in [7, 11) is -3.63. The van der Waals surface area contributed by atoms with Gasteiger partial charge in [-0.3, -0.25) is 9.36 Å². The predicted octanol–water partition coefficient (Wildman–Crippen LogP) is 3.76. The van der Waals surface area contributed by atoms with E-state index in [2.05, 4.69) is 20.0 Å². The van der Waals surface area contributed by atoms with Gasteiger partial charge in [0.05, 0.1) is 31.7 Å². The van der Waals surface area contributed by atoms with Gasteiger partial charge >= 0.3 is 5.97 Å². The van der Waals surface area contributed by atoms with Crippen LogP contribution in [0.1, 0.15) is 33.3 Å². The molecule has 1 unspecified atom stereocenters. The normalized spacial score (nSPS) is 15.1. The van der Waals surface area contributed by atoms with E-state index in [-0.39, 0.29) is 24.9 Å². The van der Waals surface area contributed by atoms with E-state index in [0.717, 1.165) is 5.56 Å². The number of esters is 1. The lowest BCUT2D eigenvalue weighted by Gasteiger charge is -2.25. The summed E-state index contributed by atoms with van der Waals surface area (Å²) in [5.41, 5.74) is 7.67. The highest BCUT2D eigenvalue weighted by molar-refractivity contribution is 7.56. The lowest BCUT2D eigenvalue weighted by atomic mass is 10.2. The molecule has 0 spiro atoms. The van der Waals surface area contributed by atoms with Gasteiger partial charge in [0, 0.05) is 5.02 Å². The number of nitrogens with zero attached hydrogens (tertiary/aromatic N) is 4. The molecule has 0 radical (unpaired) electrons. The first-order valence-electron chi connectivity index (χ1n) is 11.1. The molecule has 3 N–H and O–H groups in total. The number of ether oxygens (including phenoxy) is 2. The van der Waals surface area contributed by atoms with Crippen LogP contribution in [0.15, 0.2) is 36.9 Å². The van der Waals surface area contributed by atoms with Crippen molar-refractivity contribution in [3.63, 3.8) is 0 Å². The number of carbonyl (C=O) groups is 1. The first-order valence-corrected chi connectivity index (χ1v) is 13.2. The molecule has 0 fully saturated rings. The van der Waals surface area contributed by atoms with E-state index >= 15 is 0 Å². The van der Waals surface area contributed by atoms with Crippen LogP contribution < -0.4 is 10.8 Å². The van der Waals surface area contributed by atoms with E-state index in [9.17, 15) is 9.36 Å². The summed E-state index contributed by atoms with van der Waals surface area (Å²) in [6.45, 7) is 7.27. The molecule has 0 aliphatic rings. The Kier molecular flexibility index (Phi) is 9.21. The summed E-state index contributed by atoms with van der Waals surface area (Å²) in [6, 6.07) is 6.09. The molecule has 3 atom stereocenters. The van der Waals surface area contributed by atoms with Crippen LogP contribution in [0.3, 0.4) is 0 Å². The third kappa shape index (κ3) is 7.71. The minimum atomic E-state index is -3.63. The van der Waals surface area contributed by atoms with Gasteiger partial charge in [-0.2, -0.15) is 0 Å². The van der Waals surface area contributed by atoms with E-state index in [4.69, 9.17) is 31.3 Å². The third-order valence-electron chi connectivity index (χ3n) is 4.86. The van der Waals surface area contributed by atoms with Crippen LogP contribution in [0.5, 0.6) is 0 Å². The Bertz CT molecular complexity index is 1190. The average molecular weight is 525 g/mol.